The lowest BCUT2D eigenvalue weighted by Crippen LogP contribution is -2.12. The maximum absolute atomic E-state index is 4.20. The zero-order valence-corrected chi connectivity index (χ0v) is 16.8. The van der Waals surface area contributed by atoms with E-state index in [0.717, 1.165) is 29.4 Å². The lowest BCUT2D eigenvalue weighted by atomic mass is 9.78. The highest BCUT2D eigenvalue weighted by Gasteiger charge is 2.20. The van der Waals surface area contributed by atoms with Gasteiger partial charge in [-0.3, -0.25) is 0 Å². The van der Waals surface area contributed by atoms with Crippen LogP contribution in [0.2, 0.25) is 0 Å². The van der Waals surface area contributed by atoms with Crippen molar-refractivity contribution in [2.75, 3.05) is 0 Å². The first-order valence-electron chi connectivity index (χ1n) is 10.5. The Morgan fingerprint density at radius 3 is 1.85 bits per heavy atom. The maximum Gasteiger partial charge on any atom is 0.0568 e. The molecule has 0 unspecified atom stereocenters. The van der Waals surface area contributed by atoms with Gasteiger partial charge < -0.3 is 0 Å². The summed E-state index contributed by atoms with van der Waals surface area (Å²) in [7, 11) is 0. The van der Waals surface area contributed by atoms with Gasteiger partial charge in [0, 0.05) is 0 Å². The second kappa shape index (κ2) is 10.2. The quantitative estimate of drug-likeness (QED) is 0.384. The van der Waals surface area contributed by atoms with Crippen LogP contribution in [0.15, 0.2) is 58.7 Å². The molecule has 2 nitrogen and oxygen atoms in total. The third-order valence-electron chi connectivity index (χ3n) is 5.83. The highest BCUT2D eigenvalue weighted by Crippen LogP contribution is 2.36. The van der Waals surface area contributed by atoms with Crippen molar-refractivity contribution in [3.63, 3.8) is 0 Å². The van der Waals surface area contributed by atoms with Crippen LogP contribution < -0.4 is 0 Å². The van der Waals surface area contributed by atoms with Gasteiger partial charge in [-0.05, 0) is 66.2 Å². The minimum Gasteiger partial charge on any atom is -0.159 e. The predicted octanol–water partition coefficient (Wildman–Crippen LogP) is 6.78. The highest BCUT2D eigenvalue weighted by molar-refractivity contribution is 5.82. The normalized spacial score (nSPS) is 20.5. The standard InChI is InChI=1S/C25H32N2/c1-3-5-21-6-8-22(9-7-21)18-26-27-19-23-12-16-25(17-13-23)24-14-10-20(4-2)11-15-24/h6-9,12-13,16-20,24H,3-5,10-11,14-15H2,1-2H3. The Hall–Kier alpha value is -2.22. The molecule has 0 atom stereocenters. The van der Waals surface area contributed by atoms with Gasteiger partial charge >= 0.3 is 0 Å². The fraction of sp³-hybridized carbons (Fsp3) is 0.440. The first-order chi connectivity index (χ1) is 13.3. The number of benzene rings is 2. The molecule has 0 radical (unpaired) electrons. The van der Waals surface area contributed by atoms with Crippen molar-refractivity contribution in [2.24, 2.45) is 16.1 Å². The van der Waals surface area contributed by atoms with Crippen LogP contribution in [0.1, 0.15) is 80.5 Å². The van der Waals surface area contributed by atoms with E-state index in [4.69, 9.17) is 0 Å². The molecule has 1 aliphatic rings. The van der Waals surface area contributed by atoms with Crippen LogP contribution in [0, 0.1) is 5.92 Å². The van der Waals surface area contributed by atoms with Crippen LogP contribution in [0.3, 0.4) is 0 Å². The Kier molecular flexibility index (Phi) is 7.38. The van der Waals surface area contributed by atoms with E-state index in [1.54, 1.807) is 0 Å². The fourth-order valence-corrected chi connectivity index (χ4v) is 4.02. The summed E-state index contributed by atoms with van der Waals surface area (Å²) in [5, 5.41) is 8.39. The molecule has 0 bridgehead atoms. The zero-order chi connectivity index (χ0) is 18.9. The molecular formula is C25H32N2. The fourth-order valence-electron chi connectivity index (χ4n) is 4.02. The molecule has 2 aromatic rings. The Labute approximate surface area is 164 Å². The Morgan fingerprint density at radius 1 is 0.778 bits per heavy atom. The second-order valence-electron chi connectivity index (χ2n) is 7.77. The first kappa shape index (κ1) is 19.5. The molecule has 0 aliphatic heterocycles. The molecule has 0 aromatic heterocycles. The average molecular weight is 361 g/mol. The van der Waals surface area contributed by atoms with Gasteiger partial charge in [-0.15, -0.1) is 0 Å². The third-order valence-corrected chi connectivity index (χ3v) is 5.83. The van der Waals surface area contributed by atoms with Gasteiger partial charge in [0.05, 0.1) is 12.4 Å². The van der Waals surface area contributed by atoms with Crippen molar-refractivity contribution in [3.05, 3.63) is 70.8 Å². The molecule has 1 saturated carbocycles. The number of aryl methyl sites for hydroxylation is 1. The molecule has 3 rings (SSSR count). The molecule has 142 valence electrons. The van der Waals surface area contributed by atoms with Crippen LogP contribution in [-0.2, 0) is 6.42 Å². The minimum absolute atomic E-state index is 0.743. The van der Waals surface area contributed by atoms with Gasteiger partial charge in [0.2, 0.25) is 0 Å². The summed E-state index contributed by atoms with van der Waals surface area (Å²) in [5.74, 6) is 1.70. The Bertz CT molecular complexity index is 733. The summed E-state index contributed by atoms with van der Waals surface area (Å²) >= 11 is 0. The summed E-state index contributed by atoms with van der Waals surface area (Å²) < 4.78 is 0. The lowest BCUT2D eigenvalue weighted by Gasteiger charge is -2.28. The van der Waals surface area contributed by atoms with E-state index in [2.05, 4.69) is 72.6 Å². The van der Waals surface area contributed by atoms with E-state index in [0.29, 0.717) is 0 Å². The van der Waals surface area contributed by atoms with Crippen LogP contribution in [0.4, 0.5) is 0 Å². The van der Waals surface area contributed by atoms with E-state index in [9.17, 15) is 0 Å². The maximum atomic E-state index is 4.20. The van der Waals surface area contributed by atoms with Crippen molar-refractivity contribution >= 4 is 12.4 Å². The van der Waals surface area contributed by atoms with Crippen molar-refractivity contribution in [2.45, 2.75) is 64.7 Å². The van der Waals surface area contributed by atoms with E-state index in [1.807, 2.05) is 12.4 Å². The van der Waals surface area contributed by atoms with Crippen LogP contribution in [0.25, 0.3) is 0 Å². The van der Waals surface area contributed by atoms with Crippen molar-refractivity contribution in [1.29, 1.82) is 0 Å². The molecule has 1 fully saturated rings. The van der Waals surface area contributed by atoms with Crippen molar-refractivity contribution in [3.8, 4) is 0 Å². The monoisotopic (exact) mass is 360 g/mol. The number of rotatable bonds is 7. The molecule has 27 heavy (non-hydrogen) atoms. The summed E-state index contributed by atoms with van der Waals surface area (Å²) in [6.07, 6.45) is 12.7. The van der Waals surface area contributed by atoms with E-state index in [-0.39, 0.29) is 0 Å². The summed E-state index contributed by atoms with van der Waals surface area (Å²) in [4.78, 5) is 0. The topological polar surface area (TPSA) is 24.7 Å². The van der Waals surface area contributed by atoms with E-state index in [1.165, 1.54) is 49.7 Å². The smallest absolute Gasteiger partial charge is 0.0568 e. The molecule has 0 spiro atoms. The molecule has 0 saturated heterocycles. The molecule has 1 aliphatic carbocycles. The number of nitrogens with zero attached hydrogens (tertiary/aromatic N) is 2. The van der Waals surface area contributed by atoms with Gasteiger partial charge in [-0.2, -0.15) is 10.2 Å². The largest absolute Gasteiger partial charge is 0.159 e. The summed E-state index contributed by atoms with van der Waals surface area (Å²) in [6, 6.07) is 17.4. The lowest BCUT2D eigenvalue weighted by molar-refractivity contribution is 0.319. The van der Waals surface area contributed by atoms with Gasteiger partial charge in [0.1, 0.15) is 0 Å². The molecular weight excluding hydrogens is 328 g/mol. The van der Waals surface area contributed by atoms with Gasteiger partial charge in [0.15, 0.2) is 0 Å². The molecule has 2 heteroatoms. The molecule has 0 N–H and O–H groups in total. The van der Waals surface area contributed by atoms with E-state index >= 15 is 0 Å². The SMILES string of the molecule is CCCc1ccc(C=NN=Cc2ccc(C3CCC(CC)CC3)cc2)cc1. The molecule has 2 aromatic carbocycles. The third kappa shape index (κ3) is 5.89. The highest BCUT2D eigenvalue weighted by atomic mass is 15.2. The van der Waals surface area contributed by atoms with Gasteiger partial charge in [-0.1, -0.05) is 75.2 Å². The summed E-state index contributed by atoms with van der Waals surface area (Å²) in [5.41, 5.74) is 5.06. The Morgan fingerprint density at radius 2 is 1.33 bits per heavy atom. The van der Waals surface area contributed by atoms with Crippen LogP contribution >= 0.6 is 0 Å². The van der Waals surface area contributed by atoms with Crippen molar-refractivity contribution in [1.82, 2.24) is 0 Å². The first-order valence-corrected chi connectivity index (χ1v) is 10.5. The van der Waals surface area contributed by atoms with Gasteiger partial charge in [0.25, 0.3) is 0 Å². The average Bonchev–Trinajstić information content (AvgIpc) is 2.73. The minimum atomic E-state index is 0.743. The Balaban J connectivity index is 1.52. The summed E-state index contributed by atoms with van der Waals surface area (Å²) in [6.45, 7) is 4.52. The van der Waals surface area contributed by atoms with E-state index < -0.39 is 0 Å². The van der Waals surface area contributed by atoms with Gasteiger partial charge in [-0.25, -0.2) is 0 Å². The molecule has 0 heterocycles. The van der Waals surface area contributed by atoms with Crippen molar-refractivity contribution < 1.29 is 0 Å². The number of hydrogen-bond donors (Lipinski definition) is 0. The zero-order valence-electron chi connectivity index (χ0n) is 16.8. The molecule has 0 amide bonds. The predicted molar refractivity (Wildman–Crippen MR) is 117 cm³/mol. The number of hydrogen-bond acceptors (Lipinski definition) is 2. The second-order valence-corrected chi connectivity index (χ2v) is 7.77. The van der Waals surface area contributed by atoms with Crippen LogP contribution in [0.5, 0.6) is 0 Å². The van der Waals surface area contributed by atoms with Crippen LogP contribution in [-0.4, -0.2) is 12.4 Å².